The lowest BCUT2D eigenvalue weighted by molar-refractivity contribution is 0.262. The Labute approximate surface area is 120 Å². The van der Waals surface area contributed by atoms with Crippen molar-refractivity contribution in [2.75, 3.05) is 10.6 Å². The Bertz CT molecular complexity index is 605. The molecule has 1 aromatic heterocycles. The first-order chi connectivity index (χ1) is 8.99. The maximum Gasteiger partial charge on any atom is 0.323 e. The number of hydrogen-bond donors (Lipinski definition) is 3. The van der Waals surface area contributed by atoms with E-state index in [1.54, 1.807) is 25.1 Å². The number of rotatable bonds is 2. The molecule has 0 bridgehead atoms. The number of hydrogen-bond acceptors (Lipinski definition) is 2. The second-order valence-electron chi connectivity index (χ2n) is 3.99. The molecule has 0 radical (unpaired) electrons. The molecule has 0 aliphatic carbocycles. The van der Waals surface area contributed by atoms with Gasteiger partial charge in [0.15, 0.2) is 0 Å². The lowest BCUT2D eigenvalue weighted by Gasteiger charge is -2.09. The van der Waals surface area contributed by atoms with Crippen molar-refractivity contribution in [1.82, 2.24) is 10.2 Å². The molecule has 1 heterocycles. The molecule has 100 valence electrons. The first-order valence-electron chi connectivity index (χ1n) is 5.52. The van der Waals surface area contributed by atoms with E-state index >= 15 is 0 Å². The number of nitrogens with zero attached hydrogens (tertiary/aromatic N) is 1. The van der Waals surface area contributed by atoms with Crippen LogP contribution in [-0.4, -0.2) is 16.2 Å². The SMILES string of the molecule is Cc1n[nH]c(C)c1NC(=O)Nc1cccc(Cl)c1Cl. The van der Waals surface area contributed by atoms with E-state index in [4.69, 9.17) is 23.2 Å². The van der Waals surface area contributed by atoms with Crippen molar-refractivity contribution < 1.29 is 4.79 Å². The van der Waals surface area contributed by atoms with Crippen LogP contribution in [0.5, 0.6) is 0 Å². The Balaban J connectivity index is 2.12. The third-order valence-corrected chi connectivity index (χ3v) is 3.39. The Kier molecular flexibility index (Phi) is 3.97. The van der Waals surface area contributed by atoms with Gasteiger partial charge in [-0.3, -0.25) is 5.10 Å². The van der Waals surface area contributed by atoms with Crippen LogP contribution in [-0.2, 0) is 0 Å². The fraction of sp³-hybridized carbons (Fsp3) is 0.167. The van der Waals surface area contributed by atoms with Crippen LogP contribution < -0.4 is 10.6 Å². The fourth-order valence-corrected chi connectivity index (χ4v) is 1.95. The zero-order valence-electron chi connectivity index (χ0n) is 10.3. The molecule has 0 fully saturated rings. The van der Waals surface area contributed by atoms with Gasteiger partial charge < -0.3 is 10.6 Å². The molecule has 2 aromatic rings. The molecule has 0 aliphatic heterocycles. The highest BCUT2D eigenvalue weighted by atomic mass is 35.5. The Morgan fingerprint density at radius 3 is 2.63 bits per heavy atom. The van der Waals surface area contributed by atoms with Crippen LogP contribution in [0.2, 0.25) is 10.0 Å². The van der Waals surface area contributed by atoms with Gasteiger partial charge in [0.05, 0.1) is 32.8 Å². The number of H-pyrrole nitrogens is 1. The van der Waals surface area contributed by atoms with Gasteiger partial charge in [0.25, 0.3) is 0 Å². The van der Waals surface area contributed by atoms with Gasteiger partial charge >= 0.3 is 6.03 Å². The minimum atomic E-state index is -0.406. The van der Waals surface area contributed by atoms with Crippen molar-refractivity contribution >= 4 is 40.6 Å². The number of halogens is 2. The Morgan fingerprint density at radius 1 is 1.26 bits per heavy atom. The zero-order chi connectivity index (χ0) is 14.0. The van der Waals surface area contributed by atoms with Gasteiger partial charge in [-0.1, -0.05) is 29.3 Å². The topological polar surface area (TPSA) is 69.8 Å². The summed E-state index contributed by atoms with van der Waals surface area (Å²) in [5, 5.41) is 12.8. The highest BCUT2D eigenvalue weighted by Crippen LogP contribution is 2.29. The molecular weight excluding hydrogens is 287 g/mol. The molecule has 3 N–H and O–H groups in total. The molecule has 2 rings (SSSR count). The van der Waals surface area contributed by atoms with Gasteiger partial charge in [0.1, 0.15) is 0 Å². The molecule has 0 aliphatic rings. The molecule has 0 unspecified atom stereocenters. The molecule has 19 heavy (non-hydrogen) atoms. The lowest BCUT2D eigenvalue weighted by Crippen LogP contribution is -2.20. The van der Waals surface area contributed by atoms with Gasteiger partial charge in [0.2, 0.25) is 0 Å². The summed E-state index contributed by atoms with van der Waals surface area (Å²) in [6, 6.07) is 4.62. The lowest BCUT2D eigenvalue weighted by atomic mass is 10.3. The summed E-state index contributed by atoms with van der Waals surface area (Å²) in [7, 11) is 0. The van der Waals surface area contributed by atoms with Crippen LogP contribution in [0.25, 0.3) is 0 Å². The van der Waals surface area contributed by atoms with Crippen molar-refractivity contribution in [3.8, 4) is 0 Å². The first kappa shape index (κ1) is 13.7. The number of amides is 2. The fourth-order valence-electron chi connectivity index (χ4n) is 1.60. The quantitative estimate of drug-likeness (QED) is 0.785. The molecule has 7 heteroatoms. The molecule has 0 spiro atoms. The Morgan fingerprint density at radius 2 is 2.00 bits per heavy atom. The summed E-state index contributed by atoms with van der Waals surface area (Å²) in [4.78, 5) is 11.9. The largest absolute Gasteiger partial charge is 0.323 e. The van der Waals surface area contributed by atoms with E-state index in [2.05, 4.69) is 20.8 Å². The second-order valence-corrected chi connectivity index (χ2v) is 4.77. The number of benzene rings is 1. The van der Waals surface area contributed by atoms with Crippen LogP contribution in [0.4, 0.5) is 16.2 Å². The van der Waals surface area contributed by atoms with E-state index in [1.807, 2.05) is 6.92 Å². The van der Waals surface area contributed by atoms with E-state index in [9.17, 15) is 4.79 Å². The van der Waals surface area contributed by atoms with Crippen molar-refractivity contribution in [1.29, 1.82) is 0 Å². The summed E-state index contributed by atoms with van der Waals surface area (Å²) < 4.78 is 0. The van der Waals surface area contributed by atoms with Crippen molar-refractivity contribution in [2.24, 2.45) is 0 Å². The molecular formula is C12H12Cl2N4O. The summed E-state index contributed by atoms with van der Waals surface area (Å²) >= 11 is 11.9. The smallest absolute Gasteiger partial charge is 0.306 e. The van der Waals surface area contributed by atoms with Gasteiger partial charge in [-0.15, -0.1) is 0 Å². The van der Waals surface area contributed by atoms with E-state index in [1.165, 1.54) is 0 Å². The first-order valence-corrected chi connectivity index (χ1v) is 6.28. The normalized spacial score (nSPS) is 10.3. The van der Waals surface area contributed by atoms with Crippen LogP contribution in [0.1, 0.15) is 11.4 Å². The average Bonchev–Trinajstić information content (AvgIpc) is 2.67. The standard InChI is InChI=1S/C12H12Cl2N4O/c1-6-11(7(2)18-17-6)16-12(19)15-9-5-3-4-8(13)10(9)14/h3-5H,1-2H3,(H,17,18)(H2,15,16,19). The predicted octanol–water partition coefficient (Wildman–Crippen LogP) is 3.98. The third kappa shape index (κ3) is 3.00. The number of anilines is 2. The highest BCUT2D eigenvalue weighted by Gasteiger charge is 2.12. The van der Waals surface area contributed by atoms with E-state index in [0.717, 1.165) is 5.69 Å². The van der Waals surface area contributed by atoms with Crippen LogP contribution in [0, 0.1) is 13.8 Å². The number of nitrogens with one attached hydrogen (secondary N) is 3. The van der Waals surface area contributed by atoms with Crippen molar-refractivity contribution in [3.05, 3.63) is 39.6 Å². The highest BCUT2D eigenvalue weighted by molar-refractivity contribution is 6.44. The molecule has 2 amide bonds. The molecule has 5 nitrogen and oxygen atoms in total. The van der Waals surface area contributed by atoms with Gasteiger partial charge in [0, 0.05) is 0 Å². The number of carbonyl (C=O) groups excluding carboxylic acids is 1. The zero-order valence-corrected chi connectivity index (χ0v) is 11.9. The summed E-state index contributed by atoms with van der Waals surface area (Å²) in [6.07, 6.45) is 0. The van der Waals surface area contributed by atoms with E-state index in [-0.39, 0.29) is 0 Å². The maximum absolute atomic E-state index is 11.9. The van der Waals surface area contributed by atoms with Crippen LogP contribution >= 0.6 is 23.2 Å². The van der Waals surface area contributed by atoms with Gasteiger partial charge in [-0.05, 0) is 26.0 Å². The molecule has 0 atom stereocenters. The minimum absolute atomic E-state index is 0.306. The molecule has 1 aromatic carbocycles. The van der Waals surface area contributed by atoms with E-state index < -0.39 is 6.03 Å². The summed E-state index contributed by atoms with van der Waals surface area (Å²) in [6.45, 7) is 3.62. The molecule has 0 saturated carbocycles. The van der Waals surface area contributed by atoms with Crippen molar-refractivity contribution in [2.45, 2.75) is 13.8 Å². The minimum Gasteiger partial charge on any atom is -0.306 e. The number of urea groups is 1. The third-order valence-electron chi connectivity index (χ3n) is 2.57. The number of carbonyl (C=O) groups is 1. The average molecular weight is 299 g/mol. The van der Waals surface area contributed by atoms with Crippen LogP contribution in [0.15, 0.2) is 18.2 Å². The summed E-state index contributed by atoms with van der Waals surface area (Å²) in [5.74, 6) is 0. The number of aromatic nitrogens is 2. The van der Waals surface area contributed by atoms with Gasteiger partial charge in [-0.2, -0.15) is 5.10 Å². The van der Waals surface area contributed by atoms with Crippen molar-refractivity contribution in [3.63, 3.8) is 0 Å². The number of aromatic amines is 1. The van der Waals surface area contributed by atoms with Gasteiger partial charge in [-0.25, -0.2) is 4.79 Å². The maximum atomic E-state index is 11.9. The number of aryl methyl sites for hydroxylation is 2. The van der Waals surface area contributed by atoms with Crippen LogP contribution in [0.3, 0.4) is 0 Å². The monoisotopic (exact) mass is 298 g/mol. The van der Waals surface area contributed by atoms with E-state index in [0.29, 0.717) is 27.1 Å². The molecule has 0 saturated heterocycles. The second kappa shape index (κ2) is 5.50. The Hall–Kier alpha value is -1.72. The predicted molar refractivity (Wildman–Crippen MR) is 77.2 cm³/mol. The summed E-state index contributed by atoms with van der Waals surface area (Å²) in [5.41, 5.74) is 2.59.